The Balaban J connectivity index is 2.28. The van der Waals surface area contributed by atoms with E-state index >= 15 is 0 Å². The maximum Gasteiger partial charge on any atom is 0.225 e. The summed E-state index contributed by atoms with van der Waals surface area (Å²) in [6, 6.07) is 0. The third-order valence-electron chi connectivity index (χ3n) is 2.78. The minimum Gasteiger partial charge on any atom is -0.355 e. The quantitative estimate of drug-likeness (QED) is 0.632. The lowest BCUT2D eigenvalue weighted by molar-refractivity contribution is -0.143. The van der Waals surface area contributed by atoms with Crippen molar-refractivity contribution in [2.45, 2.75) is 33.0 Å². The Hall–Kier alpha value is -1.14. The van der Waals surface area contributed by atoms with E-state index in [1.54, 1.807) is 0 Å². The number of hydrogen-bond donors (Lipinski definition) is 2. The van der Waals surface area contributed by atoms with Gasteiger partial charge in [0.15, 0.2) is 6.29 Å². The van der Waals surface area contributed by atoms with Gasteiger partial charge in [0.2, 0.25) is 11.8 Å². The van der Waals surface area contributed by atoms with E-state index in [1.807, 2.05) is 13.8 Å². The van der Waals surface area contributed by atoms with Gasteiger partial charge in [0.25, 0.3) is 0 Å². The molecule has 1 atom stereocenters. The van der Waals surface area contributed by atoms with Crippen molar-refractivity contribution in [3.05, 3.63) is 0 Å². The predicted octanol–water partition coefficient (Wildman–Crippen LogP) is 0.0279. The number of carbonyl (C=O) groups is 2. The molecule has 0 aromatic heterocycles. The van der Waals surface area contributed by atoms with Crippen molar-refractivity contribution >= 4 is 11.8 Å². The highest BCUT2D eigenvalue weighted by Crippen LogP contribution is 2.10. The first-order chi connectivity index (χ1) is 8.67. The number of hydrogen-bond acceptors (Lipinski definition) is 4. The average Bonchev–Trinajstić information content (AvgIpc) is 2.37. The lowest BCUT2D eigenvalue weighted by atomic mass is 9.98. The fraction of sp³-hybridized carbons (Fsp3) is 0.833. The predicted molar refractivity (Wildman–Crippen MR) is 65.8 cm³/mol. The van der Waals surface area contributed by atoms with Gasteiger partial charge in [0, 0.05) is 26.2 Å². The maximum atomic E-state index is 11.8. The summed E-state index contributed by atoms with van der Waals surface area (Å²) in [6.45, 7) is 5.60. The zero-order valence-electron chi connectivity index (χ0n) is 11.0. The summed E-state index contributed by atoms with van der Waals surface area (Å²) in [4.78, 5) is 22.8. The molecule has 0 saturated carbocycles. The van der Waals surface area contributed by atoms with Gasteiger partial charge < -0.3 is 20.1 Å². The number of piperidine rings is 1. The Bertz CT molecular complexity index is 267. The van der Waals surface area contributed by atoms with Crippen LogP contribution in [0.4, 0.5) is 0 Å². The zero-order valence-corrected chi connectivity index (χ0v) is 11.0. The van der Waals surface area contributed by atoms with Gasteiger partial charge in [0.1, 0.15) is 0 Å². The Morgan fingerprint density at radius 2 is 2.11 bits per heavy atom. The second kappa shape index (κ2) is 8.05. The molecule has 0 aliphatic carbocycles. The Morgan fingerprint density at radius 1 is 1.44 bits per heavy atom. The van der Waals surface area contributed by atoms with Gasteiger partial charge in [-0.1, -0.05) is 0 Å². The fourth-order valence-electron chi connectivity index (χ4n) is 1.82. The molecule has 1 aliphatic rings. The third-order valence-corrected chi connectivity index (χ3v) is 2.78. The monoisotopic (exact) mass is 258 g/mol. The topological polar surface area (TPSA) is 76.7 Å². The summed E-state index contributed by atoms with van der Waals surface area (Å²) in [7, 11) is 0. The SMILES string of the molecule is CCOC(CNC(=O)C1CCC(=O)NC1)OCC. The van der Waals surface area contributed by atoms with E-state index in [-0.39, 0.29) is 17.7 Å². The highest BCUT2D eigenvalue weighted by molar-refractivity contribution is 5.83. The van der Waals surface area contributed by atoms with Crippen LogP contribution in [0.15, 0.2) is 0 Å². The molecule has 1 aliphatic heterocycles. The van der Waals surface area contributed by atoms with E-state index in [4.69, 9.17) is 9.47 Å². The molecular formula is C12H22N2O4. The normalized spacial score (nSPS) is 19.7. The molecular weight excluding hydrogens is 236 g/mol. The van der Waals surface area contributed by atoms with E-state index in [9.17, 15) is 9.59 Å². The first kappa shape index (κ1) is 14.9. The molecule has 1 heterocycles. The largest absolute Gasteiger partial charge is 0.355 e. The molecule has 6 heteroatoms. The molecule has 0 bridgehead atoms. The smallest absolute Gasteiger partial charge is 0.225 e. The Morgan fingerprint density at radius 3 is 2.61 bits per heavy atom. The standard InChI is InChI=1S/C12H22N2O4/c1-3-17-11(18-4-2)8-14-12(16)9-5-6-10(15)13-7-9/h9,11H,3-8H2,1-2H3,(H,13,15)(H,14,16). The van der Waals surface area contributed by atoms with Crippen LogP contribution in [0, 0.1) is 5.92 Å². The van der Waals surface area contributed by atoms with Crippen LogP contribution in [-0.2, 0) is 19.1 Å². The van der Waals surface area contributed by atoms with Crippen molar-refractivity contribution < 1.29 is 19.1 Å². The molecule has 2 amide bonds. The van der Waals surface area contributed by atoms with E-state index in [2.05, 4.69) is 10.6 Å². The van der Waals surface area contributed by atoms with Gasteiger partial charge in [-0.25, -0.2) is 0 Å². The van der Waals surface area contributed by atoms with Crippen LogP contribution in [0.1, 0.15) is 26.7 Å². The molecule has 1 unspecified atom stereocenters. The molecule has 6 nitrogen and oxygen atoms in total. The molecule has 104 valence electrons. The molecule has 1 fully saturated rings. The van der Waals surface area contributed by atoms with Crippen LogP contribution < -0.4 is 10.6 Å². The highest BCUT2D eigenvalue weighted by Gasteiger charge is 2.24. The minimum absolute atomic E-state index is 0.0144. The van der Waals surface area contributed by atoms with E-state index in [0.29, 0.717) is 39.1 Å². The molecule has 1 rings (SSSR count). The molecule has 18 heavy (non-hydrogen) atoms. The van der Waals surface area contributed by atoms with Crippen LogP contribution in [0.5, 0.6) is 0 Å². The highest BCUT2D eigenvalue weighted by atomic mass is 16.7. The number of carbonyl (C=O) groups excluding carboxylic acids is 2. The van der Waals surface area contributed by atoms with Gasteiger partial charge in [0.05, 0.1) is 12.5 Å². The van der Waals surface area contributed by atoms with Crippen LogP contribution in [0.3, 0.4) is 0 Å². The Kier molecular flexibility index (Phi) is 6.67. The van der Waals surface area contributed by atoms with Crippen molar-refractivity contribution in [2.24, 2.45) is 5.92 Å². The van der Waals surface area contributed by atoms with Gasteiger partial charge in [-0.2, -0.15) is 0 Å². The van der Waals surface area contributed by atoms with Crippen molar-refractivity contribution in [3.63, 3.8) is 0 Å². The van der Waals surface area contributed by atoms with Gasteiger partial charge >= 0.3 is 0 Å². The van der Waals surface area contributed by atoms with Gasteiger partial charge in [-0.05, 0) is 20.3 Å². The van der Waals surface area contributed by atoms with E-state index in [1.165, 1.54) is 0 Å². The van der Waals surface area contributed by atoms with Crippen LogP contribution in [0.2, 0.25) is 0 Å². The van der Waals surface area contributed by atoms with Crippen molar-refractivity contribution in [3.8, 4) is 0 Å². The van der Waals surface area contributed by atoms with Crippen molar-refractivity contribution in [2.75, 3.05) is 26.3 Å². The summed E-state index contributed by atoms with van der Waals surface area (Å²) in [5, 5.41) is 5.49. The summed E-state index contributed by atoms with van der Waals surface area (Å²) >= 11 is 0. The van der Waals surface area contributed by atoms with E-state index in [0.717, 1.165) is 0 Å². The minimum atomic E-state index is -0.401. The van der Waals surface area contributed by atoms with Crippen LogP contribution >= 0.6 is 0 Å². The number of nitrogens with one attached hydrogen (secondary N) is 2. The molecule has 2 N–H and O–H groups in total. The molecule has 0 radical (unpaired) electrons. The number of amides is 2. The summed E-state index contributed by atoms with van der Waals surface area (Å²) in [5.41, 5.74) is 0. The third kappa shape index (κ3) is 5.01. The zero-order chi connectivity index (χ0) is 13.4. The second-order valence-corrected chi connectivity index (χ2v) is 4.13. The summed E-state index contributed by atoms with van der Waals surface area (Å²) < 4.78 is 10.7. The molecule has 1 saturated heterocycles. The Labute approximate surface area is 107 Å². The lowest BCUT2D eigenvalue weighted by Gasteiger charge is -2.23. The first-order valence-electron chi connectivity index (χ1n) is 6.45. The first-order valence-corrected chi connectivity index (χ1v) is 6.45. The number of rotatable bonds is 7. The van der Waals surface area contributed by atoms with Crippen molar-refractivity contribution in [1.29, 1.82) is 0 Å². The van der Waals surface area contributed by atoms with Gasteiger partial charge in [-0.15, -0.1) is 0 Å². The van der Waals surface area contributed by atoms with Crippen LogP contribution in [-0.4, -0.2) is 44.4 Å². The molecule has 0 spiro atoms. The summed E-state index contributed by atoms with van der Waals surface area (Å²) in [6.07, 6.45) is 0.617. The molecule has 0 aromatic carbocycles. The van der Waals surface area contributed by atoms with Crippen LogP contribution in [0.25, 0.3) is 0 Å². The average molecular weight is 258 g/mol. The van der Waals surface area contributed by atoms with Crippen molar-refractivity contribution in [1.82, 2.24) is 10.6 Å². The number of ether oxygens (including phenoxy) is 2. The lowest BCUT2D eigenvalue weighted by Crippen LogP contribution is -2.45. The fourth-order valence-corrected chi connectivity index (χ4v) is 1.82. The molecule has 0 aromatic rings. The second-order valence-electron chi connectivity index (χ2n) is 4.13. The maximum absolute atomic E-state index is 11.8. The van der Waals surface area contributed by atoms with E-state index < -0.39 is 6.29 Å². The van der Waals surface area contributed by atoms with Gasteiger partial charge in [-0.3, -0.25) is 9.59 Å². The summed E-state index contributed by atoms with van der Waals surface area (Å²) in [5.74, 6) is -0.188.